The highest BCUT2D eigenvalue weighted by molar-refractivity contribution is 5.92. The summed E-state index contributed by atoms with van der Waals surface area (Å²) in [6, 6.07) is 10.3. The number of carbonyl (C=O) groups excluding carboxylic acids is 1. The molecule has 176 valence electrons. The predicted octanol–water partition coefficient (Wildman–Crippen LogP) is 7.86. The molecule has 0 spiro atoms. The van der Waals surface area contributed by atoms with Crippen molar-refractivity contribution >= 4 is 5.78 Å². The highest BCUT2D eigenvalue weighted by Gasteiger charge is 2.18. The van der Waals surface area contributed by atoms with Crippen LogP contribution in [0.3, 0.4) is 0 Å². The Labute approximate surface area is 196 Å². The molecule has 0 fully saturated rings. The number of carbonyl (C=O) groups is 1. The minimum Gasteiger partial charge on any atom is -0.287 e. The zero-order chi connectivity index (χ0) is 22.7. The Morgan fingerprint density at radius 1 is 0.750 bits per heavy atom. The largest absolute Gasteiger partial charge is 0.287 e. The molecule has 2 aromatic rings. The summed E-state index contributed by atoms with van der Waals surface area (Å²) in [7, 11) is 0. The van der Waals surface area contributed by atoms with Crippen LogP contribution in [0, 0.1) is 0 Å². The molecule has 0 amide bonds. The summed E-state index contributed by atoms with van der Waals surface area (Å²) in [5.41, 5.74) is 1.92. The molecule has 0 aliphatic rings. The van der Waals surface area contributed by atoms with Crippen molar-refractivity contribution in [2.45, 2.75) is 116 Å². The van der Waals surface area contributed by atoms with Gasteiger partial charge in [0.2, 0.25) is 5.78 Å². The van der Waals surface area contributed by atoms with Crippen molar-refractivity contribution in [3.8, 4) is 0 Å². The molecule has 32 heavy (non-hydrogen) atoms. The van der Waals surface area contributed by atoms with Crippen LogP contribution in [-0.2, 0) is 6.54 Å². The lowest BCUT2D eigenvalue weighted by Crippen LogP contribution is -2.40. The Balaban J connectivity index is 1.49. The van der Waals surface area contributed by atoms with Gasteiger partial charge >= 0.3 is 0 Å². The first-order chi connectivity index (χ1) is 15.8. The molecule has 0 radical (unpaired) electrons. The van der Waals surface area contributed by atoms with Crippen LogP contribution < -0.4 is 4.57 Å². The van der Waals surface area contributed by atoms with Gasteiger partial charge in [0.1, 0.15) is 6.20 Å². The molecular weight excluding hydrogens is 392 g/mol. The number of benzene rings is 1. The van der Waals surface area contributed by atoms with E-state index in [0.29, 0.717) is 13.0 Å². The molecule has 0 saturated heterocycles. The SMILES string of the molecule is CCCCCCCCCCCCCCCCCC(=O)c1cncc[n+]1Cc1ccccc1. The molecule has 0 bridgehead atoms. The summed E-state index contributed by atoms with van der Waals surface area (Å²) in [4.78, 5) is 16.9. The molecule has 0 aliphatic carbocycles. The Morgan fingerprint density at radius 3 is 1.84 bits per heavy atom. The lowest BCUT2D eigenvalue weighted by molar-refractivity contribution is -0.690. The van der Waals surface area contributed by atoms with Gasteiger partial charge < -0.3 is 0 Å². The highest BCUT2D eigenvalue weighted by atomic mass is 16.1. The van der Waals surface area contributed by atoms with E-state index in [-0.39, 0.29) is 5.78 Å². The van der Waals surface area contributed by atoms with E-state index >= 15 is 0 Å². The van der Waals surface area contributed by atoms with Crippen LogP contribution in [0.5, 0.6) is 0 Å². The van der Waals surface area contributed by atoms with E-state index in [2.05, 4.69) is 24.0 Å². The summed E-state index contributed by atoms with van der Waals surface area (Å²) in [5.74, 6) is 0.212. The third kappa shape index (κ3) is 11.5. The number of hydrogen-bond acceptors (Lipinski definition) is 2. The van der Waals surface area contributed by atoms with Gasteiger partial charge in [-0.3, -0.25) is 9.78 Å². The first kappa shape index (κ1) is 26.2. The van der Waals surface area contributed by atoms with E-state index in [0.717, 1.165) is 18.5 Å². The van der Waals surface area contributed by atoms with Gasteiger partial charge in [-0.2, -0.15) is 4.57 Å². The van der Waals surface area contributed by atoms with Gasteiger partial charge in [-0.25, -0.2) is 0 Å². The lowest BCUT2D eigenvalue weighted by Gasteiger charge is -2.04. The van der Waals surface area contributed by atoms with Crippen molar-refractivity contribution < 1.29 is 9.36 Å². The molecular formula is C29H45N2O+. The second-order valence-corrected chi connectivity index (χ2v) is 9.20. The summed E-state index contributed by atoms with van der Waals surface area (Å²) in [6.07, 6.45) is 26.2. The van der Waals surface area contributed by atoms with Crippen molar-refractivity contribution in [3.63, 3.8) is 0 Å². The van der Waals surface area contributed by atoms with E-state index in [4.69, 9.17) is 0 Å². The topological polar surface area (TPSA) is 33.8 Å². The Bertz CT molecular complexity index is 729. The Morgan fingerprint density at radius 2 is 1.28 bits per heavy atom. The molecule has 2 rings (SSSR count). The molecule has 1 heterocycles. The first-order valence-electron chi connectivity index (χ1n) is 13.2. The molecule has 0 saturated carbocycles. The average molecular weight is 438 g/mol. The Kier molecular flexibility index (Phi) is 14.4. The maximum absolute atomic E-state index is 12.7. The van der Waals surface area contributed by atoms with Crippen molar-refractivity contribution in [1.29, 1.82) is 0 Å². The zero-order valence-electron chi connectivity index (χ0n) is 20.4. The number of nitrogens with zero attached hydrogens (tertiary/aromatic N) is 2. The van der Waals surface area contributed by atoms with Gasteiger partial charge in [0.15, 0.2) is 12.7 Å². The van der Waals surface area contributed by atoms with Crippen LogP contribution in [0.1, 0.15) is 126 Å². The zero-order valence-corrected chi connectivity index (χ0v) is 20.4. The number of Topliss-reactive ketones (excluding diaryl/α,β-unsaturated/α-hetero) is 1. The number of unbranched alkanes of at least 4 members (excludes halogenated alkanes) is 14. The van der Waals surface area contributed by atoms with E-state index in [1.807, 2.05) is 29.0 Å². The van der Waals surface area contributed by atoms with Gasteiger partial charge in [0, 0.05) is 12.0 Å². The van der Waals surface area contributed by atoms with Gasteiger partial charge in [-0.15, -0.1) is 0 Å². The first-order valence-corrected chi connectivity index (χ1v) is 13.2. The number of aromatic nitrogens is 2. The van der Waals surface area contributed by atoms with E-state index < -0.39 is 0 Å². The lowest BCUT2D eigenvalue weighted by atomic mass is 10.0. The van der Waals surface area contributed by atoms with E-state index in [9.17, 15) is 4.79 Å². The van der Waals surface area contributed by atoms with E-state index in [1.165, 1.54) is 89.0 Å². The third-order valence-corrected chi connectivity index (χ3v) is 6.33. The molecule has 3 nitrogen and oxygen atoms in total. The fraction of sp³-hybridized carbons (Fsp3) is 0.621. The van der Waals surface area contributed by atoms with E-state index in [1.54, 1.807) is 12.4 Å². The molecule has 0 aliphatic heterocycles. The maximum atomic E-state index is 12.7. The summed E-state index contributed by atoms with van der Waals surface area (Å²) >= 11 is 0. The number of hydrogen-bond donors (Lipinski definition) is 0. The summed E-state index contributed by atoms with van der Waals surface area (Å²) < 4.78 is 2.02. The standard InChI is InChI=1S/C29H45N2O/c1-2-3-4-5-6-7-8-9-10-11-12-13-14-15-19-22-29(32)28-25-30-23-24-31(28)26-27-20-17-16-18-21-27/h16-18,20-21,23-25H,2-15,19,22,26H2,1H3/q+1. The third-order valence-electron chi connectivity index (χ3n) is 6.33. The van der Waals surface area contributed by atoms with Gasteiger partial charge in [-0.05, 0) is 6.42 Å². The quantitative estimate of drug-likeness (QED) is 0.127. The van der Waals surface area contributed by atoms with Gasteiger partial charge in [-0.1, -0.05) is 127 Å². The molecule has 3 heteroatoms. The molecule has 1 aromatic heterocycles. The summed E-state index contributed by atoms with van der Waals surface area (Å²) in [6.45, 7) is 2.99. The van der Waals surface area contributed by atoms with Crippen LogP contribution in [-0.4, -0.2) is 10.8 Å². The van der Waals surface area contributed by atoms with Crippen molar-refractivity contribution in [3.05, 3.63) is 60.2 Å². The van der Waals surface area contributed by atoms with Crippen molar-refractivity contribution in [2.24, 2.45) is 0 Å². The molecule has 1 aromatic carbocycles. The maximum Gasteiger partial charge on any atom is 0.267 e. The summed E-state index contributed by atoms with van der Waals surface area (Å²) in [5, 5.41) is 0. The Hall–Kier alpha value is -2.03. The minimum atomic E-state index is 0.212. The molecule has 0 N–H and O–H groups in total. The van der Waals surface area contributed by atoms with Crippen LogP contribution in [0.15, 0.2) is 48.9 Å². The fourth-order valence-electron chi connectivity index (χ4n) is 4.32. The second-order valence-electron chi connectivity index (χ2n) is 9.20. The molecule has 0 atom stereocenters. The molecule has 0 unspecified atom stereocenters. The van der Waals surface area contributed by atoms with Crippen molar-refractivity contribution in [1.82, 2.24) is 4.98 Å². The van der Waals surface area contributed by atoms with Gasteiger partial charge in [0.05, 0.1) is 6.20 Å². The minimum absolute atomic E-state index is 0.212. The smallest absolute Gasteiger partial charge is 0.267 e. The van der Waals surface area contributed by atoms with Crippen LogP contribution in [0.25, 0.3) is 0 Å². The van der Waals surface area contributed by atoms with Crippen molar-refractivity contribution in [2.75, 3.05) is 0 Å². The van der Waals surface area contributed by atoms with Gasteiger partial charge in [0.25, 0.3) is 5.69 Å². The van der Waals surface area contributed by atoms with Crippen LogP contribution >= 0.6 is 0 Å². The number of ketones is 1. The van der Waals surface area contributed by atoms with Crippen LogP contribution in [0.2, 0.25) is 0 Å². The number of rotatable bonds is 19. The second kappa shape index (κ2) is 17.5. The highest BCUT2D eigenvalue weighted by Crippen LogP contribution is 2.14. The monoisotopic (exact) mass is 437 g/mol. The fourth-order valence-corrected chi connectivity index (χ4v) is 4.32. The predicted molar refractivity (Wildman–Crippen MR) is 134 cm³/mol. The van der Waals surface area contributed by atoms with Crippen LogP contribution in [0.4, 0.5) is 0 Å². The average Bonchev–Trinajstić information content (AvgIpc) is 2.82. The normalized spacial score (nSPS) is 11.0.